The van der Waals surface area contributed by atoms with E-state index in [4.69, 9.17) is 0 Å². The normalized spacial score (nSPS) is 11.6. The predicted octanol–water partition coefficient (Wildman–Crippen LogP) is 1.40. The van der Waals surface area contributed by atoms with Gasteiger partial charge in [0, 0.05) is 26.3 Å². The molecule has 3 N–H and O–H groups in total. The summed E-state index contributed by atoms with van der Waals surface area (Å²) in [6.07, 6.45) is 1.73. The molecule has 0 aromatic carbocycles. The number of nitrogens with zero attached hydrogens (tertiary/aromatic N) is 2. The summed E-state index contributed by atoms with van der Waals surface area (Å²) in [6.45, 7) is 1.23. The maximum absolute atomic E-state index is 11.9. The zero-order chi connectivity index (χ0) is 16.5. The van der Waals surface area contributed by atoms with Crippen LogP contribution in [0.15, 0.2) is 51.1 Å². The van der Waals surface area contributed by atoms with Crippen LogP contribution < -0.4 is 15.4 Å². The van der Waals surface area contributed by atoms with Crippen LogP contribution in [0.3, 0.4) is 0 Å². The highest BCUT2D eigenvalue weighted by Crippen LogP contribution is 2.14. The summed E-state index contributed by atoms with van der Waals surface area (Å²) in [4.78, 5) is 8.28. The number of rotatable bonds is 7. The smallest absolute Gasteiger partial charge is 0.250 e. The zero-order valence-corrected chi connectivity index (χ0v) is 17.1. The quantitative estimate of drug-likeness (QED) is 0.241. The van der Waals surface area contributed by atoms with E-state index >= 15 is 0 Å². The molecule has 7 nitrogen and oxygen atoms in total. The molecular weight excluding hydrogens is 461 g/mol. The largest absolute Gasteiger partial charge is 0.355 e. The van der Waals surface area contributed by atoms with Crippen LogP contribution >= 0.6 is 35.3 Å². The minimum atomic E-state index is -3.42. The molecule has 0 saturated heterocycles. The summed E-state index contributed by atoms with van der Waals surface area (Å²) in [6, 6.07) is 8.97. The van der Waals surface area contributed by atoms with E-state index < -0.39 is 10.0 Å². The molecule has 2 aromatic rings. The van der Waals surface area contributed by atoms with E-state index in [1.54, 1.807) is 30.8 Å². The maximum Gasteiger partial charge on any atom is 0.250 e. The fourth-order valence-electron chi connectivity index (χ4n) is 1.75. The van der Waals surface area contributed by atoms with Crippen molar-refractivity contribution < 1.29 is 8.42 Å². The molecule has 0 atom stereocenters. The average Bonchev–Trinajstić information content (AvgIpc) is 3.10. The van der Waals surface area contributed by atoms with E-state index in [0.717, 1.165) is 5.69 Å². The standard InChI is InChI=1S/C14H19N5O2S2.HI/c1-15-14(18-11-12-5-2-3-7-16-12)17-8-9-19-23(20,21)13-6-4-10-22-13;/h2-7,10,19H,8-9,11H2,1H3,(H2,15,17,18);1H. The van der Waals surface area contributed by atoms with Gasteiger partial charge in [-0.05, 0) is 23.6 Å². The Hall–Kier alpha value is -1.24. The molecule has 10 heteroatoms. The van der Waals surface area contributed by atoms with E-state index in [0.29, 0.717) is 23.3 Å². The van der Waals surface area contributed by atoms with Crippen LogP contribution in [0, 0.1) is 0 Å². The monoisotopic (exact) mass is 481 g/mol. The molecule has 2 rings (SSSR count). The predicted molar refractivity (Wildman–Crippen MR) is 107 cm³/mol. The molecule has 0 radical (unpaired) electrons. The Morgan fingerprint density at radius 3 is 2.67 bits per heavy atom. The summed E-state index contributed by atoms with van der Waals surface area (Å²) in [7, 11) is -1.76. The third-order valence-electron chi connectivity index (χ3n) is 2.86. The Morgan fingerprint density at radius 1 is 1.21 bits per heavy atom. The molecule has 0 saturated carbocycles. The van der Waals surface area contributed by atoms with Crippen molar-refractivity contribution in [3.63, 3.8) is 0 Å². The lowest BCUT2D eigenvalue weighted by molar-refractivity contribution is 0.582. The highest BCUT2D eigenvalue weighted by atomic mass is 127. The number of hydrogen-bond acceptors (Lipinski definition) is 5. The first-order valence-electron chi connectivity index (χ1n) is 6.99. The van der Waals surface area contributed by atoms with Crippen LogP contribution in [-0.4, -0.2) is 39.5 Å². The van der Waals surface area contributed by atoms with Crippen molar-refractivity contribution in [3.8, 4) is 0 Å². The summed E-state index contributed by atoms with van der Waals surface area (Å²) < 4.78 is 26.7. The summed E-state index contributed by atoms with van der Waals surface area (Å²) in [5.74, 6) is 0.589. The first-order chi connectivity index (χ1) is 11.1. The molecule has 0 aliphatic carbocycles. The first-order valence-corrected chi connectivity index (χ1v) is 9.36. The number of thiophene rings is 1. The molecule has 0 spiro atoms. The van der Waals surface area contributed by atoms with Crippen LogP contribution in [0.25, 0.3) is 0 Å². The molecule has 0 bridgehead atoms. The maximum atomic E-state index is 11.9. The van der Waals surface area contributed by atoms with Crippen molar-refractivity contribution in [1.29, 1.82) is 0 Å². The number of hydrogen-bond donors (Lipinski definition) is 3. The Bertz CT molecular complexity index is 721. The summed E-state index contributed by atoms with van der Waals surface area (Å²) in [5.41, 5.74) is 0.897. The van der Waals surface area contributed by atoms with E-state index in [1.165, 1.54) is 11.3 Å². The van der Waals surface area contributed by atoms with Crippen LogP contribution in [-0.2, 0) is 16.6 Å². The average molecular weight is 481 g/mol. The van der Waals surface area contributed by atoms with Crippen LogP contribution in [0.1, 0.15) is 5.69 Å². The number of aromatic nitrogens is 1. The first kappa shape index (κ1) is 20.8. The van der Waals surface area contributed by atoms with Crippen molar-refractivity contribution in [2.75, 3.05) is 20.1 Å². The van der Waals surface area contributed by atoms with Crippen LogP contribution in [0.4, 0.5) is 0 Å². The van der Waals surface area contributed by atoms with E-state index in [2.05, 4.69) is 25.3 Å². The molecule has 2 heterocycles. The van der Waals surface area contributed by atoms with Crippen molar-refractivity contribution in [3.05, 3.63) is 47.6 Å². The lowest BCUT2D eigenvalue weighted by Gasteiger charge is -2.12. The van der Waals surface area contributed by atoms with E-state index in [-0.39, 0.29) is 30.5 Å². The van der Waals surface area contributed by atoms with E-state index in [9.17, 15) is 8.42 Å². The highest BCUT2D eigenvalue weighted by Gasteiger charge is 2.13. The number of sulfonamides is 1. The topological polar surface area (TPSA) is 95.5 Å². The van der Waals surface area contributed by atoms with Gasteiger partial charge in [0.1, 0.15) is 4.21 Å². The van der Waals surface area contributed by atoms with Gasteiger partial charge >= 0.3 is 0 Å². The molecule has 2 aromatic heterocycles. The van der Waals surface area contributed by atoms with Gasteiger partial charge in [-0.15, -0.1) is 35.3 Å². The molecule has 0 unspecified atom stereocenters. The number of aliphatic imine (C=N–C) groups is 1. The SMILES string of the molecule is CN=C(NCCNS(=O)(=O)c1cccs1)NCc1ccccn1.I. The third-order valence-corrected chi connectivity index (χ3v) is 5.71. The zero-order valence-electron chi connectivity index (χ0n) is 13.1. The molecule has 0 amide bonds. The molecule has 0 aliphatic heterocycles. The number of guanidine groups is 1. The fraction of sp³-hybridized carbons (Fsp3) is 0.286. The van der Waals surface area contributed by atoms with Gasteiger partial charge in [0.2, 0.25) is 10.0 Å². The summed E-state index contributed by atoms with van der Waals surface area (Å²) in [5, 5.41) is 7.89. The van der Waals surface area contributed by atoms with Crippen molar-refractivity contribution in [2.45, 2.75) is 10.8 Å². The minimum absolute atomic E-state index is 0. The Labute approximate surface area is 163 Å². The second kappa shape index (κ2) is 10.6. The van der Waals surface area contributed by atoms with Gasteiger partial charge in [-0.1, -0.05) is 12.1 Å². The van der Waals surface area contributed by atoms with Gasteiger partial charge in [0.15, 0.2) is 5.96 Å². The lowest BCUT2D eigenvalue weighted by atomic mass is 10.3. The Morgan fingerprint density at radius 2 is 2.04 bits per heavy atom. The molecule has 0 aliphatic rings. The number of pyridine rings is 1. The number of halogens is 1. The minimum Gasteiger partial charge on any atom is -0.355 e. The lowest BCUT2D eigenvalue weighted by Crippen LogP contribution is -2.41. The van der Waals surface area contributed by atoms with Crippen molar-refractivity contribution in [1.82, 2.24) is 20.3 Å². The van der Waals surface area contributed by atoms with Gasteiger partial charge in [0.05, 0.1) is 12.2 Å². The fourth-order valence-corrected chi connectivity index (χ4v) is 3.82. The second-order valence-corrected chi connectivity index (χ2v) is 7.44. The van der Waals surface area contributed by atoms with Crippen LogP contribution in [0.5, 0.6) is 0 Å². The Balaban J connectivity index is 0.00000288. The molecule has 24 heavy (non-hydrogen) atoms. The molecule has 0 fully saturated rings. The van der Waals surface area contributed by atoms with E-state index in [1.807, 2.05) is 18.2 Å². The van der Waals surface area contributed by atoms with Crippen LogP contribution in [0.2, 0.25) is 0 Å². The third kappa shape index (κ3) is 6.71. The van der Waals surface area contributed by atoms with Gasteiger partial charge < -0.3 is 10.6 Å². The second-order valence-electron chi connectivity index (χ2n) is 4.50. The Kier molecular flexibility index (Phi) is 9.18. The van der Waals surface area contributed by atoms with Gasteiger partial charge in [0.25, 0.3) is 0 Å². The van der Waals surface area contributed by atoms with Gasteiger partial charge in [-0.2, -0.15) is 0 Å². The van der Waals surface area contributed by atoms with Gasteiger partial charge in [-0.3, -0.25) is 9.98 Å². The van der Waals surface area contributed by atoms with Crippen molar-refractivity contribution >= 4 is 51.3 Å². The highest BCUT2D eigenvalue weighted by molar-refractivity contribution is 14.0. The van der Waals surface area contributed by atoms with Gasteiger partial charge in [-0.25, -0.2) is 13.1 Å². The molecular formula is C14H20IN5O2S2. The molecule has 132 valence electrons. The number of nitrogens with one attached hydrogen (secondary N) is 3. The summed E-state index contributed by atoms with van der Waals surface area (Å²) >= 11 is 1.19. The van der Waals surface area contributed by atoms with Crippen molar-refractivity contribution in [2.24, 2.45) is 4.99 Å².